The van der Waals surface area contributed by atoms with Crippen LogP contribution in [0.3, 0.4) is 0 Å². The van der Waals surface area contributed by atoms with Gasteiger partial charge in [-0.25, -0.2) is 4.39 Å². The maximum atomic E-state index is 13.2. The highest BCUT2D eigenvalue weighted by Gasteiger charge is 1.99. The summed E-state index contributed by atoms with van der Waals surface area (Å²) in [5, 5.41) is 3.98. The van der Waals surface area contributed by atoms with Gasteiger partial charge in [0, 0.05) is 22.6 Å². The van der Waals surface area contributed by atoms with Gasteiger partial charge in [-0.3, -0.25) is 0 Å². The minimum Gasteiger partial charge on any atom is -0.309 e. The van der Waals surface area contributed by atoms with E-state index in [-0.39, 0.29) is 5.82 Å². The first-order valence-electron chi connectivity index (χ1n) is 5.53. The molecule has 0 aliphatic heterocycles. The second-order valence-corrected chi connectivity index (χ2v) is 5.36. The molecular weight excluding hydrogens is 317 g/mol. The molecular formula is C14H12BrClFN. The standard InChI is InChI=1S/C14H12BrClFN/c15-12-4-11(6-14(17)7-12)9-18-8-10-2-1-3-13(16)5-10/h1-7,18H,8-9H2. The van der Waals surface area contributed by atoms with E-state index in [0.717, 1.165) is 20.6 Å². The van der Waals surface area contributed by atoms with Crippen molar-refractivity contribution in [2.75, 3.05) is 0 Å². The summed E-state index contributed by atoms with van der Waals surface area (Å²) >= 11 is 9.17. The zero-order chi connectivity index (χ0) is 13.0. The number of nitrogens with one attached hydrogen (secondary N) is 1. The summed E-state index contributed by atoms with van der Waals surface area (Å²) < 4.78 is 13.9. The van der Waals surface area contributed by atoms with Crippen LogP contribution in [0.2, 0.25) is 5.02 Å². The van der Waals surface area contributed by atoms with Crippen molar-refractivity contribution < 1.29 is 4.39 Å². The third-order valence-electron chi connectivity index (χ3n) is 2.47. The Morgan fingerprint density at radius 1 is 1.06 bits per heavy atom. The van der Waals surface area contributed by atoms with E-state index < -0.39 is 0 Å². The SMILES string of the molecule is Fc1cc(Br)cc(CNCc2cccc(Cl)c2)c1. The minimum atomic E-state index is -0.232. The normalized spacial score (nSPS) is 10.6. The second kappa shape index (κ2) is 6.32. The van der Waals surface area contributed by atoms with Gasteiger partial charge in [-0.05, 0) is 41.5 Å². The largest absolute Gasteiger partial charge is 0.309 e. The first-order valence-corrected chi connectivity index (χ1v) is 6.71. The van der Waals surface area contributed by atoms with Crippen LogP contribution in [0.1, 0.15) is 11.1 Å². The van der Waals surface area contributed by atoms with E-state index in [2.05, 4.69) is 21.2 Å². The van der Waals surface area contributed by atoms with Gasteiger partial charge in [0.15, 0.2) is 0 Å². The highest BCUT2D eigenvalue weighted by molar-refractivity contribution is 9.10. The van der Waals surface area contributed by atoms with Crippen molar-refractivity contribution in [1.82, 2.24) is 5.32 Å². The second-order valence-electron chi connectivity index (χ2n) is 4.01. The van der Waals surface area contributed by atoms with E-state index in [4.69, 9.17) is 11.6 Å². The number of hydrogen-bond acceptors (Lipinski definition) is 1. The molecule has 0 saturated carbocycles. The highest BCUT2D eigenvalue weighted by atomic mass is 79.9. The van der Waals surface area contributed by atoms with Crippen molar-refractivity contribution in [3.63, 3.8) is 0 Å². The van der Waals surface area contributed by atoms with Gasteiger partial charge < -0.3 is 5.32 Å². The Morgan fingerprint density at radius 3 is 2.56 bits per heavy atom. The first kappa shape index (κ1) is 13.5. The Bertz CT molecular complexity index is 525. The van der Waals surface area contributed by atoms with Gasteiger partial charge in [-0.1, -0.05) is 39.7 Å². The molecule has 94 valence electrons. The van der Waals surface area contributed by atoms with Crippen LogP contribution in [0.25, 0.3) is 0 Å². The Hall–Kier alpha value is -0.900. The maximum Gasteiger partial charge on any atom is 0.124 e. The van der Waals surface area contributed by atoms with Crippen molar-refractivity contribution in [2.24, 2.45) is 0 Å². The van der Waals surface area contributed by atoms with E-state index in [0.29, 0.717) is 13.1 Å². The molecule has 0 aliphatic rings. The van der Waals surface area contributed by atoms with E-state index in [9.17, 15) is 4.39 Å². The molecule has 2 rings (SSSR count). The lowest BCUT2D eigenvalue weighted by Gasteiger charge is -2.06. The van der Waals surface area contributed by atoms with E-state index in [1.54, 1.807) is 0 Å². The Balaban J connectivity index is 1.92. The summed E-state index contributed by atoms with van der Waals surface area (Å²) in [4.78, 5) is 0. The third kappa shape index (κ3) is 4.09. The molecule has 1 N–H and O–H groups in total. The first-order chi connectivity index (χ1) is 8.63. The van der Waals surface area contributed by atoms with Crippen LogP contribution in [0.5, 0.6) is 0 Å². The quantitative estimate of drug-likeness (QED) is 0.869. The zero-order valence-electron chi connectivity index (χ0n) is 9.59. The topological polar surface area (TPSA) is 12.0 Å². The Kier molecular flexibility index (Phi) is 4.75. The molecule has 0 radical (unpaired) electrons. The van der Waals surface area contributed by atoms with Gasteiger partial charge in [0.1, 0.15) is 5.82 Å². The van der Waals surface area contributed by atoms with Gasteiger partial charge in [0.05, 0.1) is 0 Å². The van der Waals surface area contributed by atoms with Crippen LogP contribution in [0, 0.1) is 5.82 Å². The molecule has 0 bridgehead atoms. The van der Waals surface area contributed by atoms with Crippen molar-refractivity contribution in [1.29, 1.82) is 0 Å². The molecule has 4 heteroatoms. The zero-order valence-corrected chi connectivity index (χ0v) is 11.9. The fourth-order valence-electron chi connectivity index (χ4n) is 1.71. The molecule has 2 aromatic rings. The molecule has 0 spiro atoms. The summed E-state index contributed by atoms with van der Waals surface area (Å²) in [5.41, 5.74) is 2.02. The molecule has 0 heterocycles. The fourth-order valence-corrected chi connectivity index (χ4v) is 2.44. The van der Waals surface area contributed by atoms with Crippen LogP contribution in [-0.2, 0) is 13.1 Å². The van der Waals surface area contributed by atoms with Crippen LogP contribution >= 0.6 is 27.5 Å². The summed E-state index contributed by atoms with van der Waals surface area (Å²) in [6.07, 6.45) is 0. The van der Waals surface area contributed by atoms with E-state index in [1.807, 2.05) is 30.3 Å². The number of halogens is 3. The molecule has 0 aliphatic carbocycles. The van der Waals surface area contributed by atoms with E-state index >= 15 is 0 Å². The monoisotopic (exact) mass is 327 g/mol. The summed E-state index contributed by atoms with van der Waals surface area (Å²) in [5.74, 6) is -0.232. The third-order valence-corrected chi connectivity index (χ3v) is 3.16. The van der Waals surface area contributed by atoms with Gasteiger partial charge in [0.2, 0.25) is 0 Å². The van der Waals surface area contributed by atoms with Gasteiger partial charge >= 0.3 is 0 Å². The van der Waals surface area contributed by atoms with Gasteiger partial charge in [-0.15, -0.1) is 0 Å². The lowest BCUT2D eigenvalue weighted by Crippen LogP contribution is -2.12. The van der Waals surface area contributed by atoms with Gasteiger partial charge in [0.25, 0.3) is 0 Å². The molecule has 0 saturated heterocycles. The molecule has 0 aromatic heterocycles. The average Bonchev–Trinajstić information content (AvgIpc) is 2.27. The molecule has 18 heavy (non-hydrogen) atoms. The maximum absolute atomic E-state index is 13.2. The predicted molar refractivity (Wildman–Crippen MR) is 76.1 cm³/mol. The van der Waals surface area contributed by atoms with Crippen LogP contribution in [-0.4, -0.2) is 0 Å². The van der Waals surface area contributed by atoms with Crippen LogP contribution in [0.15, 0.2) is 46.9 Å². The molecule has 0 amide bonds. The number of rotatable bonds is 4. The molecule has 0 unspecified atom stereocenters. The Morgan fingerprint density at radius 2 is 1.83 bits per heavy atom. The van der Waals surface area contributed by atoms with Crippen molar-refractivity contribution >= 4 is 27.5 Å². The fraction of sp³-hybridized carbons (Fsp3) is 0.143. The van der Waals surface area contributed by atoms with Crippen molar-refractivity contribution in [3.8, 4) is 0 Å². The number of hydrogen-bond donors (Lipinski definition) is 1. The van der Waals surface area contributed by atoms with E-state index in [1.165, 1.54) is 12.1 Å². The van der Waals surface area contributed by atoms with Crippen LogP contribution < -0.4 is 5.32 Å². The van der Waals surface area contributed by atoms with Crippen molar-refractivity contribution in [3.05, 3.63) is 68.9 Å². The van der Waals surface area contributed by atoms with Gasteiger partial charge in [-0.2, -0.15) is 0 Å². The lowest BCUT2D eigenvalue weighted by molar-refractivity contribution is 0.619. The minimum absolute atomic E-state index is 0.232. The molecule has 1 nitrogen and oxygen atoms in total. The molecule has 2 aromatic carbocycles. The predicted octanol–water partition coefficient (Wildman–Crippen LogP) is 4.53. The smallest absolute Gasteiger partial charge is 0.124 e. The highest BCUT2D eigenvalue weighted by Crippen LogP contribution is 2.15. The molecule has 0 atom stereocenters. The van der Waals surface area contributed by atoms with Crippen molar-refractivity contribution in [2.45, 2.75) is 13.1 Å². The summed E-state index contributed by atoms with van der Waals surface area (Å²) in [7, 11) is 0. The Labute approximate surface area is 119 Å². The summed E-state index contributed by atoms with van der Waals surface area (Å²) in [6.45, 7) is 1.32. The summed E-state index contributed by atoms with van der Waals surface area (Å²) in [6, 6.07) is 12.5. The lowest BCUT2D eigenvalue weighted by atomic mass is 10.2. The molecule has 0 fully saturated rings. The van der Waals surface area contributed by atoms with Crippen LogP contribution in [0.4, 0.5) is 4.39 Å². The average molecular weight is 329 g/mol. The number of benzene rings is 2.